The van der Waals surface area contributed by atoms with Gasteiger partial charge in [0.05, 0.1) is 11.6 Å². The average molecular weight is 277 g/mol. The summed E-state index contributed by atoms with van der Waals surface area (Å²) in [5, 5.41) is 21.5. The molecule has 1 aromatic carbocycles. The topological polar surface area (TPSA) is 86.6 Å². The van der Waals surface area contributed by atoms with E-state index in [1.54, 1.807) is 31.2 Å². The zero-order valence-corrected chi connectivity index (χ0v) is 11.4. The average Bonchev–Trinajstić information content (AvgIpc) is 2.41. The van der Waals surface area contributed by atoms with Crippen LogP contribution < -0.4 is 5.32 Å². The van der Waals surface area contributed by atoms with E-state index in [0.29, 0.717) is 24.0 Å². The molecule has 1 saturated carbocycles. The third-order valence-corrected chi connectivity index (χ3v) is 3.87. The van der Waals surface area contributed by atoms with Gasteiger partial charge in [-0.1, -0.05) is 18.2 Å². The molecule has 0 heterocycles. The molecule has 0 aromatic heterocycles. The second-order valence-corrected chi connectivity index (χ2v) is 5.47. The van der Waals surface area contributed by atoms with Gasteiger partial charge in [-0.25, -0.2) is 0 Å². The monoisotopic (exact) mass is 277 g/mol. The quantitative estimate of drug-likeness (QED) is 0.758. The molecule has 2 rings (SSSR count). The second-order valence-electron chi connectivity index (χ2n) is 5.47. The predicted octanol–water partition coefficient (Wildman–Crippen LogP) is 1.35. The van der Waals surface area contributed by atoms with Crippen molar-refractivity contribution in [2.75, 3.05) is 0 Å². The highest BCUT2D eigenvalue weighted by atomic mass is 16.4. The Labute approximate surface area is 117 Å². The van der Waals surface area contributed by atoms with Gasteiger partial charge in [0.2, 0.25) is 0 Å². The maximum absolute atomic E-state index is 12.2. The molecule has 0 spiro atoms. The van der Waals surface area contributed by atoms with Crippen LogP contribution in [0.25, 0.3) is 0 Å². The van der Waals surface area contributed by atoms with Gasteiger partial charge in [0, 0.05) is 12.0 Å². The Morgan fingerprint density at radius 3 is 2.65 bits per heavy atom. The Bertz CT molecular complexity index is 524. The SMILES string of the molecule is C[C@@]1(O)CC[C@H]1NC(=O)c1ccccc1CCC(=O)O. The van der Waals surface area contributed by atoms with E-state index in [2.05, 4.69) is 5.32 Å². The van der Waals surface area contributed by atoms with E-state index in [0.717, 1.165) is 6.42 Å². The number of carboxylic acid groups (broad SMARTS) is 1. The number of benzene rings is 1. The van der Waals surface area contributed by atoms with Gasteiger partial charge in [0.25, 0.3) is 5.91 Å². The fraction of sp³-hybridized carbons (Fsp3) is 0.467. The molecule has 20 heavy (non-hydrogen) atoms. The van der Waals surface area contributed by atoms with Gasteiger partial charge in [0.15, 0.2) is 0 Å². The van der Waals surface area contributed by atoms with Gasteiger partial charge in [-0.3, -0.25) is 9.59 Å². The van der Waals surface area contributed by atoms with E-state index < -0.39 is 11.6 Å². The minimum Gasteiger partial charge on any atom is -0.481 e. The standard InChI is InChI=1S/C15H19NO4/c1-15(20)9-8-12(15)16-14(19)11-5-3-2-4-10(11)6-7-13(17)18/h2-5,12,20H,6-9H2,1H3,(H,16,19)(H,17,18)/t12-,15-/m1/s1. The molecule has 1 fully saturated rings. The highest BCUT2D eigenvalue weighted by molar-refractivity contribution is 5.96. The summed E-state index contributed by atoms with van der Waals surface area (Å²) >= 11 is 0. The van der Waals surface area contributed by atoms with Crippen molar-refractivity contribution in [1.82, 2.24) is 5.32 Å². The summed E-state index contributed by atoms with van der Waals surface area (Å²) in [6.45, 7) is 1.71. The number of carbonyl (C=O) groups is 2. The maximum atomic E-state index is 12.2. The normalized spacial score (nSPS) is 24.8. The predicted molar refractivity (Wildman–Crippen MR) is 73.5 cm³/mol. The molecule has 3 N–H and O–H groups in total. The lowest BCUT2D eigenvalue weighted by molar-refractivity contribution is -0.136. The molecule has 1 amide bonds. The van der Waals surface area contributed by atoms with Crippen LogP contribution >= 0.6 is 0 Å². The Morgan fingerprint density at radius 2 is 2.10 bits per heavy atom. The summed E-state index contributed by atoms with van der Waals surface area (Å²) in [7, 11) is 0. The fourth-order valence-corrected chi connectivity index (χ4v) is 2.37. The fourth-order valence-electron chi connectivity index (χ4n) is 2.37. The number of carboxylic acids is 1. The van der Waals surface area contributed by atoms with Crippen molar-refractivity contribution in [3.8, 4) is 0 Å². The summed E-state index contributed by atoms with van der Waals surface area (Å²) < 4.78 is 0. The van der Waals surface area contributed by atoms with Gasteiger partial charge in [-0.05, 0) is 37.8 Å². The summed E-state index contributed by atoms with van der Waals surface area (Å²) in [6.07, 6.45) is 1.75. The molecule has 1 aliphatic rings. The number of aliphatic hydroxyl groups is 1. The molecule has 1 aliphatic carbocycles. The minimum atomic E-state index is -0.887. The van der Waals surface area contributed by atoms with Crippen LogP contribution in [0.15, 0.2) is 24.3 Å². The van der Waals surface area contributed by atoms with Gasteiger partial charge in [-0.15, -0.1) is 0 Å². The summed E-state index contributed by atoms with van der Waals surface area (Å²) in [5.41, 5.74) is 0.355. The van der Waals surface area contributed by atoms with Crippen LogP contribution in [0, 0.1) is 0 Å². The van der Waals surface area contributed by atoms with E-state index in [4.69, 9.17) is 5.11 Å². The molecule has 5 nitrogen and oxygen atoms in total. The van der Waals surface area contributed by atoms with Crippen molar-refractivity contribution in [2.45, 2.75) is 44.2 Å². The van der Waals surface area contributed by atoms with Crippen LogP contribution in [0.4, 0.5) is 0 Å². The molecular formula is C15H19NO4. The van der Waals surface area contributed by atoms with Crippen LogP contribution in [0.3, 0.4) is 0 Å². The number of aryl methyl sites for hydroxylation is 1. The zero-order chi connectivity index (χ0) is 14.8. The van der Waals surface area contributed by atoms with E-state index in [1.807, 2.05) is 0 Å². The van der Waals surface area contributed by atoms with Crippen molar-refractivity contribution < 1.29 is 19.8 Å². The maximum Gasteiger partial charge on any atom is 0.303 e. The van der Waals surface area contributed by atoms with Gasteiger partial charge in [-0.2, -0.15) is 0 Å². The molecule has 5 heteroatoms. The number of hydrogen-bond donors (Lipinski definition) is 3. The zero-order valence-electron chi connectivity index (χ0n) is 11.4. The van der Waals surface area contributed by atoms with Crippen LogP contribution in [0.1, 0.15) is 42.1 Å². The highest BCUT2D eigenvalue weighted by Gasteiger charge is 2.41. The van der Waals surface area contributed by atoms with E-state index in [9.17, 15) is 14.7 Å². The Kier molecular flexibility index (Phi) is 4.09. The Balaban J connectivity index is 2.07. The first-order valence-corrected chi connectivity index (χ1v) is 6.73. The van der Waals surface area contributed by atoms with Crippen molar-refractivity contribution in [3.05, 3.63) is 35.4 Å². The lowest BCUT2D eigenvalue weighted by Crippen LogP contribution is -2.58. The van der Waals surface area contributed by atoms with Gasteiger partial charge < -0.3 is 15.5 Å². The molecule has 108 valence electrons. The summed E-state index contributed by atoms with van der Waals surface area (Å²) in [4.78, 5) is 22.9. The van der Waals surface area contributed by atoms with E-state index in [-0.39, 0.29) is 18.4 Å². The molecule has 0 aliphatic heterocycles. The molecular weight excluding hydrogens is 258 g/mol. The lowest BCUT2D eigenvalue weighted by Gasteiger charge is -2.43. The smallest absolute Gasteiger partial charge is 0.303 e. The van der Waals surface area contributed by atoms with E-state index in [1.165, 1.54) is 0 Å². The first-order valence-electron chi connectivity index (χ1n) is 6.73. The van der Waals surface area contributed by atoms with Crippen molar-refractivity contribution in [1.29, 1.82) is 0 Å². The van der Waals surface area contributed by atoms with E-state index >= 15 is 0 Å². The Morgan fingerprint density at radius 1 is 1.40 bits per heavy atom. The third kappa shape index (κ3) is 3.17. The lowest BCUT2D eigenvalue weighted by atomic mass is 9.76. The van der Waals surface area contributed by atoms with Crippen LogP contribution in [-0.4, -0.2) is 33.7 Å². The number of amides is 1. The first-order chi connectivity index (χ1) is 9.40. The number of aliphatic carboxylic acids is 1. The summed E-state index contributed by atoms with van der Waals surface area (Å²) in [6, 6.07) is 6.74. The first kappa shape index (κ1) is 14.5. The largest absolute Gasteiger partial charge is 0.481 e. The third-order valence-electron chi connectivity index (χ3n) is 3.87. The number of rotatable bonds is 5. The van der Waals surface area contributed by atoms with Gasteiger partial charge >= 0.3 is 5.97 Å². The number of hydrogen-bond acceptors (Lipinski definition) is 3. The molecule has 0 radical (unpaired) electrons. The minimum absolute atomic E-state index is 0.00849. The molecule has 0 unspecified atom stereocenters. The van der Waals surface area contributed by atoms with Crippen LogP contribution in [0.2, 0.25) is 0 Å². The van der Waals surface area contributed by atoms with Crippen LogP contribution in [-0.2, 0) is 11.2 Å². The van der Waals surface area contributed by atoms with Gasteiger partial charge in [0.1, 0.15) is 0 Å². The van der Waals surface area contributed by atoms with Crippen molar-refractivity contribution >= 4 is 11.9 Å². The number of carbonyl (C=O) groups excluding carboxylic acids is 1. The number of nitrogens with one attached hydrogen (secondary N) is 1. The molecule has 2 atom stereocenters. The molecule has 0 bridgehead atoms. The molecule has 1 aromatic rings. The highest BCUT2D eigenvalue weighted by Crippen LogP contribution is 2.31. The van der Waals surface area contributed by atoms with Crippen molar-refractivity contribution in [3.63, 3.8) is 0 Å². The Hall–Kier alpha value is -1.88. The summed E-state index contributed by atoms with van der Waals surface area (Å²) in [5.74, 6) is -1.14. The second kappa shape index (κ2) is 5.63. The van der Waals surface area contributed by atoms with Crippen molar-refractivity contribution in [2.24, 2.45) is 0 Å². The van der Waals surface area contributed by atoms with Crippen LogP contribution in [0.5, 0.6) is 0 Å². The molecule has 0 saturated heterocycles.